The van der Waals surface area contributed by atoms with Crippen molar-refractivity contribution >= 4 is 39.2 Å². The van der Waals surface area contributed by atoms with Crippen LogP contribution in [0, 0.1) is 24.0 Å². The number of halogens is 2. The van der Waals surface area contributed by atoms with Gasteiger partial charge in [-0.1, -0.05) is 33.3 Å². The normalized spacial score (nSPS) is 14.2. The van der Waals surface area contributed by atoms with Gasteiger partial charge in [-0.15, -0.1) is 0 Å². The van der Waals surface area contributed by atoms with Gasteiger partial charge in [-0.25, -0.2) is 36.3 Å². The Morgan fingerprint density at radius 3 is 2.25 bits per heavy atom. The zero-order valence-corrected chi connectivity index (χ0v) is 31.8. The molecule has 0 unspecified atom stereocenters. The average molecular weight is 781 g/mol. The molecule has 5 rings (SSSR count). The zero-order chi connectivity index (χ0) is 40.2. The van der Waals surface area contributed by atoms with Crippen LogP contribution in [-0.2, 0) is 37.8 Å². The number of hydrogen-bond donors (Lipinski definition) is 3. The molecular formula is C38H42F2N6O8S. The molecule has 2 heterocycles. The highest BCUT2D eigenvalue weighted by Gasteiger charge is 2.29. The maximum absolute atomic E-state index is 15.4. The molecule has 0 spiro atoms. The van der Waals surface area contributed by atoms with E-state index in [1.165, 1.54) is 60.3 Å². The molecule has 0 radical (unpaired) electrons. The van der Waals surface area contributed by atoms with Crippen molar-refractivity contribution in [3.05, 3.63) is 110 Å². The third-order valence-electron chi connectivity index (χ3n) is 9.11. The molecule has 1 atom stereocenters. The highest BCUT2D eigenvalue weighted by Crippen LogP contribution is 2.25. The zero-order valence-electron chi connectivity index (χ0n) is 30.9. The summed E-state index contributed by atoms with van der Waals surface area (Å²) in [7, 11) is -2.94. The van der Waals surface area contributed by atoms with Crippen LogP contribution in [0.3, 0.4) is 0 Å². The van der Waals surface area contributed by atoms with E-state index >= 15 is 8.78 Å². The van der Waals surface area contributed by atoms with E-state index < -0.39 is 73.6 Å². The van der Waals surface area contributed by atoms with Gasteiger partial charge in [0.2, 0.25) is 5.91 Å². The van der Waals surface area contributed by atoms with Crippen LogP contribution >= 0.6 is 0 Å². The van der Waals surface area contributed by atoms with Crippen LogP contribution in [0.15, 0.2) is 75.3 Å². The second-order valence-electron chi connectivity index (χ2n) is 14.4. The van der Waals surface area contributed by atoms with E-state index in [2.05, 4.69) is 15.6 Å². The molecule has 0 bridgehead atoms. The summed E-state index contributed by atoms with van der Waals surface area (Å²) in [5.74, 6) is -4.83. The van der Waals surface area contributed by atoms with Gasteiger partial charge in [0.1, 0.15) is 29.6 Å². The Kier molecular flexibility index (Phi) is 12.0. The van der Waals surface area contributed by atoms with Crippen LogP contribution in [0.2, 0.25) is 0 Å². The number of hydrogen-bond acceptors (Lipinski definition) is 9. The predicted octanol–water partition coefficient (Wildman–Crippen LogP) is 4.52. The first-order chi connectivity index (χ1) is 25.8. The number of aromatic nitrogens is 3. The number of anilines is 2. The van der Waals surface area contributed by atoms with E-state index in [-0.39, 0.29) is 23.0 Å². The first-order valence-corrected chi connectivity index (χ1v) is 19.0. The number of carbonyl (C=O) groups is 3. The SMILES string of the molecule is Cc1cc(=O)n(-c2ccc(C[C@H](NC(=O)c3cc(F)c(NS(=O)(=O)c4ccc(NC(=O)C(C)(C)C)cc4)cc3F)C(=O)OC3CCCCC3)cn2)c(=O)n1C. The molecular weight excluding hydrogens is 739 g/mol. The summed E-state index contributed by atoms with van der Waals surface area (Å²) in [4.78, 5) is 68.3. The maximum Gasteiger partial charge on any atom is 0.336 e. The fourth-order valence-corrected chi connectivity index (χ4v) is 6.81. The molecule has 292 valence electrons. The molecule has 2 aromatic carbocycles. The molecule has 55 heavy (non-hydrogen) atoms. The topological polar surface area (TPSA) is 188 Å². The molecule has 1 aliphatic carbocycles. The Morgan fingerprint density at radius 2 is 1.64 bits per heavy atom. The second kappa shape index (κ2) is 16.3. The molecule has 0 aliphatic heterocycles. The van der Waals surface area contributed by atoms with Gasteiger partial charge in [-0.2, -0.15) is 0 Å². The summed E-state index contributed by atoms with van der Waals surface area (Å²) in [6, 6.07) is 8.84. The monoisotopic (exact) mass is 780 g/mol. The average Bonchev–Trinajstić information content (AvgIpc) is 3.12. The number of aryl methyl sites for hydroxylation is 1. The Labute approximate surface area is 316 Å². The Morgan fingerprint density at radius 1 is 0.964 bits per heavy atom. The highest BCUT2D eigenvalue weighted by molar-refractivity contribution is 7.92. The molecule has 1 fully saturated rings. The summed E-state index contributed by atoms with van der Waals surface area (Å²) in [5.41, 5.74) is -2.33. The Balaban J connectivity index is 1.34. The highest BCUT2D eigenvalue weighted by atomic mass is 32.2. The van der Waals surface area contributed by atoms with Gasteiger partial charge in [-0.3, -0.25) is 19.1 Å². The van der Waals surface area contributed by atoms with E-state index in [9.17, 15) is 32.4 Å². The number of sulfonamides is 1. The standard InChI is InChI=1S/C38H42F2N6O8S/c1-22-17-33(47)46(37(51)45(22)5)32-16-11-23(21-41-32)18-31(35(49)54-25-9-7-6-8-10-25)43-34(48)27-19-29(40)30(20-28(27)39)44-55(52,53)26-14-12-24(13-15-26)42-36(50)38(2,3)4/h11-17,19-21,25,31,44H,6-10,18H2,1-5H3,(H,42,50)(H,43,48)/t31-/m0/s1. The van der Waals surface area contributed by atoms with Crippen LogP contribution in [0.5, 0.6) is 0 Å². The van der Waals surface area contributed by atoms with Crippen molar-refractivity contribution in [3.8, 4) is 5.82 Å². The van der Waals surface area contributed by atoms with Crippen molar-refractivity contribution in [2.24, 2.45) is 12.5 Å². The maximum atomic E-state index is 15.4. The number of benzene rings is 2. The van der Waals surface area contributed by atoms with Gasteiger partial charge in [-0.05, 0) is 74.6 Å². The first-order valence-electron chi connectivity index (χ1n) is 17.5. The predicted molar refractivity (Wildman–Crippen MR) is 199 cm³/mol. The van der Waals surface area contributed by atoms with Crippen LogP contribution in [0.1, 0.15) is 74.5 Å². The van der Waals surface area contributed by atoms with Gasteiger partial charge >= 0.3 is 11.7 Å². The van der Waals surface area contributed by atoms with Crippen LogP contribution in [0.25, 0.3) is 5.82 Å². The van der Waals surface area contributed by atoms with Gasteiger partial charge in [0.05, 0.1) is 16.1 Å². The second-order valence-corrected chi connectivity index (χ2v) is 16.1. The minimum absolute atomic E-state index is 0.0228. The summed E-state index contributed by atoms with van der Waals surface area (Å²) in [6.45, 7) is 6.74. The van der Waals surface area contributed by atoms with Crippen molar-refractivity contribution in [1.29, 1.82) is 0 Å². The fraction of sp³-hybridized carbons (Fsp3) is 0.368. The van der Waals surface area contributed by atoms with E-state index in [0.717, 1.165) is 23.8 Å². The van der Waals surface area contributed by atoms with Gasteiger partial charge in [0, 0.05) is 48.6 Å². The number of pyridine rings is 1. The molecule has 1 saturated carbocycles. The smallest absolute Gasteiger partial charge is 0.336 e. The molecule has 2 amide bonds. The van der Waals surface area contributed by atoms with Crippen LogP contribution in [-0.4, -0.2) is 52.5 Å². The molecule has 3 N–H and O–H groups in total. The summed E-state index contributed by atoms with van der Waals surface area (Å²) >= 11 is 0. The van der Waals surface area contributed by atoms with Crippen molar-refractivity contribution < 1.29 is 36.3 Å². The van der Waals surface area contributed by atoms with Gasteiger partial charge in [0.15, 0.2) is 0 Å². The number of esters is 1. The lowest BCUT2D eigenvalue weighted by atomic mass is 9.95. The lowest BCUT2D eigenvalue weighted by molar-refractivity contribution is -0.152. The third-order valence-corrected chi connectivity index (χ3v) is 10.5. The number of carbonyl (C=O) groups excluding carboxylic acids is 3. The van der Waals surface area contributed by atoms with Crippen molar-refractivity contribution in [2.45, 2.75) is 83.3 Å². The number of rotatable bonds is 11. The number of nitrogens with zero attached hydrogens (tertiary/aromatic N) is 3. The first kappa shape index (κ1) is 40.5. The summed E-state index contributed by atoms with van der Waals surface area (Å²) in [5, 5.41) is 5.07. The van der Waals surface area contributed by atoms with Crippen molar-refractivity contribution in [1.82, 2.24) is 19.4 Å². The van der Waals surface area contributed by atoms with Crippen molar-refractivity contribution in [2.75, 3.05) is 10.0 Å². The van der Waals surface area contributed by atoms with Gasteiger partial charge < -0.3 is 19.9 Å². The minimum atomic E-state index is -4.44. The largest absolute Gasteiger partial charge is 0.461 e. The molecule has 0 saturated heterocycles. The lowest BCUT2D eigenvalue weighted by Gasteiger charge is -2.25. The van der Waals surface area contributed by atoms with E-state index in [1.54, 1.807) is 27.7 Å². The molecule has 1 aliphatic rings. The number of amides is 2. The fourth-order valence-electron chi connectivity index (χ4n) is 5.75. The Bertz CT molecular complexity index is 2330. The van der Waals surface area contributed by atoms with E-state index in [4.69, 9.17) is 4.74 Å². The summed E-state index contributed by atoms with van der Waals surface area (Å²) in [6.07, 6.45) is 4.64. The number of nitrogens with one attached hydrogen (secondary N) is 3. The quantitative estimate of drug-likeness (QED) is 0.184. The van der Waals surface area contributed by atoms with E-state index in [0.29, 0.717) is 41.9 Å². The van der Waals surface area contributed by atoms with Crippen molar-refractivity contribution in [3.63, 3.8) is 0 Å². The molecule has 14 nitrogen and oxygen atoms in total. The third kappa shape index (κ3) is 9.70. The lowest BCUT2D eigenvalue weighted by Crippen LogP contribution is -2.45. The molecule has 4 aromatic rings. The summed E-state index contributed by atoms with van der Waals surface area (Å²) < 4.78 is 66.6. The molecule has 2 aromatic heterocycles. The van der Waals surface area contributed by atoms with Gasteiger partial charge in [0.25, 0.3) is 21.5 Å². The Hall–Kier alpha value is -5.71. The minimum Gasteiger partial charge on any atom is -0.461 e. The number of ether oxygens (including phenoxy) is 1. The van der Waals surface area contributed by atoms with Crippen LogP contribution in [0.4, 0.5) is 20.2 Å². The van der Waals surface area contributed by atoms with Crippen LogP contribution < -0.4 is 26.6 Å². The molecule has 17 heteroatoms. The van der Waals surface area contributed by atoms with E-state index in [1.807, 2.05) is 4.72 Å².